The van der Waals surface area contributed by atoms with Crippen LogP contribution in [-0.2, 0) is 0 Å². The Kier molecular flexibility index (Phi) is 4.42. The van der Waals surface area contributed by atoms with Crippen LogP contribution in [0.2, 0.25) is 0 Å². The number of carbonyl (C=O) groups is 1. The van der Waals surface area contributed by atoms with Crippen LogP contribution in [0.4, 0.5) is 11.4 Å². The van der Waals surface area contributed by atoms with Crippen molar-refractivity contribution in [3.8, 4) is 0 Å². The number of allylic oxidation sites excluding steroid dienone is 1. The van der Waals surface area contributed by atoms with Crippen LogP contribution < -0.4 is 5.32 Å². The molecule has 0 fully saturated rings. The van der Waals surface area contributed by atoms with Gasteiger partial charge in [-0.1, -0.05) is 11.6 Å². The fraction of sp³-hybridized carbons (Fsp3) is 0.250. The molecule has 0 aliphatic heterocycles. The van der Waals surface area contributed by atoms with Gasteiger partial charge in [-0.15, -0.1) is 0 Å². The van der Waals surface area contributed by atoms with E-state index in [9.17, 15) is 14.9 Å². The number of benzene rings is 1. The fourth-order valence-electron chi connectivity index (χ4n) is 1.35. The van der Waals surface area contributed by atoms with Crippen molar-refractivity contribution in [2.45, 2.75) is 13.8 Å². The number of nitro benzene ring substituents is 1. The second-order valence-electron chi connectivity index (χ2n) is 3.96. The van der Waals surface area contributed by atoms with Crippen LogP contribution in [0.3, 0.4) is 0 Å². The molecule has 0 saturated heterocycles. The van der Waals surface area contributed by atoms with Crippen LogP contribution in [0.1, 0.15) is 24.2 Å². The topological polar surface area (TPSA) is 92.5 Å². The third kappa shape index (κ3) is 3.58. The van der Waals surface area contributed by atoms with Gasteiger partial charge in [-0.05, 0) is 26.0 Å². The standard InChI is InChI=1S/C12H14N2O4/c1-8(2)5-6-13-9-3-4-10(12(15)16)11(7-9)14(17)18/h3-5,7,13H,6H2,1-2H3,(H,15,16). The Morgan fingerprint density at radius 2 is 2.17 bits per heavy atom. The first-order valence-electron chi connectivity index (χ1n) is 5.30. The van der Waals surface area contributed by atoms with Crippen molar-refractivity contribution in [3.63, 3.8) is 0 Å². The molecule has 0 spiro atoms. The lowest BCUT2D eigenvalue weighted by Crippen LogP contribution is -2.05. The quantitative estimate of drug-likeness (QED) is 0.476. The van der Waals surface area contributed by atoms with E-state index >= 15 is 0 Å². The molecule has 0 bridgehead atoms. The molecule has 0 radical (unpaired) electrons. The summed E-state index contributed by atoms with van der Waals surface area (Å²) in [5.74, 6) is -1.31. The molecule has 6 heteroatoms. The number of hydrogen-bond donors (Lipinski definition) is 2. The largest absolute Gasteiger partial charge is 0.477 e. The number of hydrogen-bond acceptors (Lipinski definition) is 4. The van der Waals surface area contributed by atoms with E-state index in [2.05, 4.69) is 5.32 Å². The van der Waals surface area contributed by atoms with Crippen LogP contribution in [0.15, 0.2) is 29.8 Å². The zero-order valence-corrected chi connectivity index (χ0v) is 10.1. The molecule has 1 rings (SSSR count). The van der Waals surface area contributed by atoms with E-state index in [1.165, 1.54) is 18.2 Å². The first kappa shape index (κ1) is 13.7. The number of aromatic carboxylic acids is 1. The molecule has 0 atom stereocenters. The van der Waals surface area contributed by atoms with Gasteiger partial charge in [-0.2, -0.15) is 0 Å². The Hall–Kier alpha value is -2.37. The molecule has 0 aromatic heterocycles. The highest BCUT2D eigenvalue weighted by Crippen LogP contribution is 2.23. The number of carboxylic acids is 1. The third-order valence-electron chi connectivity index (χ3n) is 2.24. The molecular weight excluding hydrogens is 236 g/mol. The minimum atomic E-state index is -1.31. The Balaban J connectivity index is 2.97. The van der Waals surface area contributed by atoms with Gasteiger partial charge in [0.2, 0.25) is 0 Å². The molecule has 0 heterocycles. The molecule has 18 heavy (non-hydrogen) atoms. The van der Waals surface area contributed by atoms with E-state index in [4.69, 9.17) is 5.11 Å². The van der Waals surface area contributed by atoms with E-state index in [1.807, 2.05) is 19.9 Å². The number of anilines is 1. The minimum absolute atomic E-state index is 0.312. The van der Waals surface area contributed by atoms with Crippen molar-refractivity contribution < 1.29 is 14.8 Å². The predicted molar refractivity (Wildman–Crippen MR) is 68.0 cm³/mol. The average molecular weight is 250 g/mol. The van der Waals surface area contributed by atoms with Gasteiger partial charge in [0, 0.05) is 18.3 Å². The number of nitrogens with zero attached hydrogens (tertiary/aromatic N) is 1. The average Bonchev–Trinajstić information content (AvgIpc) is 2.28. The summed E-state index contributed by atoms with van der Waals surface area (Å²) in [4.78, 5) is 20.9. The zero-order chi connectivity index (χ0) is 13.7. The number of carboxylic acid groups (broad SMARTS) is 1. The first-order chi connectivity index (χ1) is 8.41. The summed E-state index contributed by atoms with van der Waals surface area (Å²) in [6.07, 6.45) is 1.93. The van der Waals surface area contributed by atoms with E-state index in [0.29, 0.717) is 12.2 Å². The molecule has 0 saturated carbocycles. The highest BCUT2D eigenvalue weighted by molar-refractivity contribution is 5.93. The maximum absolute atomic E-state index is 10.8. The summed E-state index contributed by atoms with van der Waals surface area (Å²) in [5.41, 5.74) is 0.917. The Labute approximate surface area is 104 Å². The second-order valence-corrected chi connectivity index (χ2v) is 3.96. The van der Waals surface area contributed by atoms with Crippen LogP contribution >= 0.6 is 0 Å². The van der Waals surface area contributed by atoms with Crippen LogP contribution in [0.25, 0.3) is 0 Å². The van der Waals surface area contributed by atoms with Gasteiger partial charge in [0.05, 0.1) is 4.92 Å². The van der Waals surface area contributed by atoms with E-state index in [-0.39, 0.29) is 5.56 Å². The van der Waals surface area contributed by atoms with Crippen molar-refractivity contribution in [2.75, 3.05) is 11.9 Å². The summed E-state index contributed by atoms with van der Waals surface area (Å²) in [5, 5.41) is 22.5. The van der Waals surface area contributed by atoms with E-state index in [1.54, 1.807) is 0 Å². The number of nitrogens with one attached hydrogen (secondary N) is 1. The van der Waals surface area contributed by atoms with Gasteiger partial charge in [-0.25, -0.2) is 4.79 Å². The fourth-order valence-corrected chi connectivity index (χ4v) is 1.35. The molecule has 2 N–H and O–H groups in total. The first-order valence-corrected chi connectivity index (χ1v) is 5.30. The molecule has 96 valence electrons. The smallest absolute Gasteiger partial charge is 0.342 e. The maximum atomic E-state index is 10.8. The Bertz CT molecular complexity index is 505. The summed E-state index contributed by atoms with van der Waals surface area (Å²) in [6, 6.07) is 3.96. The van der Waals surface area contributed by atoms with Gasteiger partial charge >= 0.3 is 5.97 Å². The monoisotopic (exact) mass is 250 g/mol. The summed E-state index contributed by atoms with van der Waals surface area (Å²) >= 11 is 0. The lowest BCUT2D eigenvalue weighted by Gasteiger charge is -2.05. The second kappa shape index (κ2) is 5.81. The summed E-state index contributed by atoms with van der Waals surface area (Å²) in [6.45, 7) is 4.42. The lowest BCUT2D eigenvalue weighted by atomic mass is 10.1. The predicted octanol–water partition coefficient (Wildman–Crippen LogP) is 2.67. The van der Waals surface area contributed by atoms with Gasteiger partial charge in [0.1, 0.15) is 5.56 Å². The van der Waals surface area contributed by atoms with Gasteiger partial charge < -0.3 is 10.4 Å². The highest BCUT2D eigenvalue weighted by atomic mass is 16.6. The third-order valence-corrected chi connectivity index (χ3v) is 2.24. The Morgan fingerprint density at radius 1 is 1.50 bits per heavy atom. The molecule has 0 unspecified atom stereocenters. The maximum Gasteiger partial charge on any atom is 0.342 e. The van der Waals surface area contributed by atoms with E-state index < -0.39 is 16.6 Å². The van der Waals surface area contributed by atoms with Crippen molar-refractivity contribution in [1.29, 1.82) is 0 Å². The van der Waals surface area contributed by atoms with Crippen LogP contribution in [0, 0.1) is 10.1 Å². The molecule has 0 aliphatic carbocycles. The van der Waals surface area contributed by atoms with Crippen LogP contribution in [-0.4, -0.2) is 22.5 Å². The lowest BCUT2D eigenvalue weighted by molar-refractivity contribution is -0.385. The van der Waals surface area contributed by atoms with Crippen LogP contribution in [0.5, 0.6) is 0 Å². The van der Waals surface area contributed by atoms with Crippen molar-refractivity contribution in [3.05, 3.63) is 45.5 Å². The molecular formula is C12H14N2O4. The number of rotatable bonds is 5. The Morgan fingerprint density at radius 3 is 2.67 bits per heavy atom. The highest BCUT2D eigenvalue weighted by Gasteiger charge is 2.19. The molecule has 0 amide bonds. The van der Waals surface area contributed by atoms with Crippen molar-refractivity contribution in [1.82, 2.24) is 0 Å². The van der Waals surface area contributed by atoms with Crippen molar-refractivity contribution >= 4 is 17.3 Å². The normalized spacial score (nSPS) is 9.67. The molecule has 1 aromatic rings. The van der Waals surface area contributed by atoms with E-state index in [0.717, 1.165) is 5.57 Å². The molecule has 1 aromatic carbocycles. The number of nitro groups is 1. The summed E-state index contributed by atoms with van der Waals surface area (Å²) < 4.78 is 0. The molecule has 6 nitrogen and oxygen atoms in total. The summed E-state index contributed by atoms with van der Waals surface area (Å²) in [7, 11) is 0. The van der Waals surface area contributed by atoms with Gasteiger partial charge in [-0.3, -0.25) is 10.1 Å². The zero-order valence-electron chi connectivity index (χ0n) is 10.1. The minimum Gasteiger partial charge on any atom is -0.477 e. The molecule has 0 aliphatic rings. The van der Waals surface area contributed by atoms with Crippen molar-refractivity contribution in [2.24, 2.45) is 0 Å². The van der Waals surface area contributed by atoms with Gasteiger partial charge in [0.25, 0.3) is 5.69 Å². The SMILES string of the molecule is CC(C)=CCNc1ccc(C(=O)O)c([N+](=O)[O-])c1. The van der Waals surface area contributed by atoms with Gasteiger partial charge in [0.15, 0.2) is 0 Å².